The number of anilines is 1. The highest BCUT2D eigenvalue weighted by atomic mass is 16.4. The normalized spacial score (nSPS) is 14.6. The Balaban J connectivity index is 2.15. The van der Waals surface area contributed by atoms with Crippen LogP contribution in [-0.2, 0) is 6.42 Å². The third kappa shape index (κ3) is 3.26. The molecule has 2 rings (SSSR count). The molecule has 104 valence electrons. The minimum absolute atomic E-state index is 0.467. The van der Waals surface area contributed by atoms with Gasteiger partial charge in [-0.15, -0.1) is 0 Å². The molecule has 0 amide bonds. The molecule has 0 spiro atoms. The second-order valence-electron chi connectivity index (χ2n) is 5.36. The number of carboxylic acids is 1. The van der Waals surface area contributed by atoms with Crippen LogP contribution in [0.5, 0.6) is 0 Å². The summed E-state index contributed by atoms with van der Waals surface area (Å²) in [7, 11) is 4.15. The monoisotopic (exact) mass is 262 g/mol. The largest absolute Gasteiger partial charge is 0.478 e. The van der Waals surface area contributed by atoms with Crippen molar-refractivity contribution in [2.75, 3.05) is 38.6 Å². The van der Waals surface area contributed by atoms with E-state index in [1.807, 2.05) is 6.07 Å². The van der Waals surface area contributed by atoms with Crippen molar-refractivity contribution in [3.05, 3.63) is 29.3 Å². The van der Waals surface area contributed by atoms with Crippen LogP contribution in [0.1, 0.15) is 28.8 Å². The van der Waals surface area contributed by atoms with E-state index < -0.39 is 5.97 Å². The highest BCUT2D eigenvalue weighted by Crippen LogP contribution is 2.29. The molecule has 0 bridgehead atoms. The number of carboxylic acid groups (broad SMARTS) is 1. The number of carbonyl (C=O) groups is 1. The molecule has 0 saturated heterocycles. The van der Waals surface area contributed by atoms with E-state index in [4.69, 9.17) is 0 Å². The van der Waals surface area contributed by atoms with Crippen molar-refractivity contribution in [3.8, 4) is 0 Å². The van der Waals surface area contributed by atoms with Crippen LogP contribution in [0.3, 0.4) is 0 Å². The van der Waals surface area contributed by atoms with E-state index in [0.29, 0.717) is 5.56 Å². The smallest absolute Gasteiger partial charge is 0.336 e. The van der Waals surface area contributed by atoms with Gasteiger partial charge in [0.1, 0.15) is 0 Å². The molecular formula is C15H22N2O2. The summed E-state index contributed by atoms with van der Waals surface area (Å²) >= 11 is 0. The van der Waals surface area contributed by atoms with Crippen LogP contribution in [0.25, 0.3) is 0 Å². The highest BCUT2D eigenvalue weighted by molar-refractivity contribution is 5.91. The van der Waals surface area contributed by atoms with Gasteiger partial charge in [-0.2, -0.15) is 0 Å². The molecule has 0 saturated carbocycles. The summed E-state index contributed by atoms with van der Waals surface area (Å²) in [4.78, 5) is 15.8. The van der Waals surface area contributed by atoms with Crippen LogP contribution in [0.4, 0.5) is 5.69 Å². The zero-order chi connectivity index (χ0) is 13.8. The van der Waals surface area contributed by atoms with Crippen molar-refractivity contribution in [2.45, 2.75) is 19.3 Å². The zero-order valence-corrected chi connectivity index (χ0v) is 11.7. The third-order valence-electron chi connectivity index (χ3n) is 3.61. The molecule has 0 unspecified atom stereocenters. The molecule has 1 aliphatic rings. The molecule has 0 atom stereocenters. The Morgan fingerprint density at radius 1 is 1.42 bits per heavy atom. The fourth-order valence-corrected chi connectivity index (χ4v) is 2.71. The topological polar surface area (TPSA) is 43.8 Å². The molecule has 1 N–H and O–H groups in total. The van der Waals surface area contributed by atoms with Crippen molar-refractivity contribution >= 4 is 11.7 Å². The average Bonchev–Trinajstić information content (AvgIpc) is 2.37. The molecule has 0 aliphatic carbocycles. The van der Waals surface area contributed by atoms with Crippen LogP contribution in [0.2, 0.25) is 0 Å². The van der Waals surface area contributed by atoms with Crippen molar-refractivity contribution < 1.29 is 9.90 Å². The van der Waals surface area contributed by atoms with E-state index >= 15 is 0 Å². The Bertz CT molecular complexity index is 457. The highest BCUT2D eigenvalue weighted by Gasteiger charge is 2.21. The SMILES string of the molecule is CN(C)CCCN1CCCc2c(C(=O)O)cccc21. The number of nitrogens with zero attached hydrogens (tertiary/aromatic N) is 2. The van der Waals surface area contributed by atoms with E-state index in [1.165, 1.54) is 0 Å². The first-order valence-electron chi connectivity index (χ1n) is 6.84. The molecule has 1 aliphatic heterocycles. The molecule has 0 radical (unpaired) electrons. The Labute approximate surface area is 114 Å². The van der Waals surface area contributed by atoms with Crippen molar-refractivity contribution in [3.63, 3.8) is 0 Å². The number of fused-ring (bicyclic) bond motifs is 1. The number of aromatic carboxylic acids is 1. The van der Waals surface area contributed by atoms with Gasteiger partial charge in [0.25, 0.3) is 0 Å². The minimum Gasteiger partial charge on any atom is -0.478 e. The van der Waals surface area contributed by atoms with Gasteiger partial charge in [0.15, 0.2) is 0 Å². The molecule has 1 heterocycles. The van der Waals surface area contributed by atoms with E-state index in [0.717, 1.165) is 50.1 Å². The van der Waals surface area contributed by atoms with Gasteiger partial charge in [0.2, 0.25) is 0 Å². The van der Waals surface area contributed by atoms with Crippen LogP contribution >= 0.6 is 0 Å². The first-order chi connectivity index (χ1) is 9.09. The summed E-state index contributed by atoms with van der Waals surface area (Å²) in [5, 5.41) is 9.25. The number of benzene rings is 1. The summed E-state index contributed by atoms with van der Waals surface area (Å²) in [6.07, 6.45) is 3.02. The maximum absolute atomic E-state index is 11.3. The van der Waals surface area contributed by atoms with Crippen LogP contribution in [0, 0.1) is 0 Å². The lowest BCUT2D eigenvalue weighted by molar-refractivity contribution is 0.0695. The second kappa shape index (κ2) is 6.06. The molecule has 0 fully saturated rings. The van der Waals surface area contributed by atoms with Crippen molar-refractivity contribution in [1.29, 1.82) is 0 Å². The number of hydrogen-bond acceptors (Lipinski definition) is 3. The summed E-state index contributed by atoms with van der Waals surface area (Å²) in [6, 6.07) is 5.62. The molecule has 4 heteroatoms. The van der Waals surface area contributed by atoms with Gasteiger partial charge in [-0.05, 0) is 57.6 Å². The number of hydrogen-bond donors (Lipinski definition) is 1. The molecule has 0 aromatic heterocycles. The predicted molar refractivity (Wildman–Crippen MR) is 77.1 cm³/mol. The zero-order valence-electron chi connectivity index (χ0n) is 11.7. The fourth-order valence-electron chi connectivity index (χ4n) is 2.71. The molecule has 4 nitrogen and oxygen atoms in total. The van der Waals surface area contributed by atoms with Gasteiger partial charge in [-0.1, -0.05) is 6.07 Å². The lowest BCUT2D eigenvalue weighted by Gasteiger charge is -2.32. The lowest BCUT2D eigenvalue weighted by Crippen LogP contribution is -2.32. The van der Waals surface area contributed by atoms with Crippen molar-refractivity contribution in [1.82, 2.24) is 4.90 Å². The Morgan fingerprint density at radius 2 is 2.21 bits per heavy atom. The predicted octanol–water partition coefficient (Wildman–Crippen LogP) is 2.09. The number of rotatable bonds is 5. The quantitative estimate of drug-likeness (QED) is 0.882. The third-order valence-corrected chi connectivity index (χ3v) is 3.61. The molecular weight excluding hydrogens is 240 g/mol. The first-order valence-corrected chi connectivity index (χ1v) is 6.84. The maximum atomic E-state index is 11.3. The van der Waals surface area contributed by atoms with E-state index in [-0.39, 0.29) is 0 Å². The van der Waals surface area contributed by atoms with Gasteiger partial charge in [-0.25, -0.2) is 4.79 Å². The summed E-state index contributed by atoms with van der Waals surface area (Å²) in [5.74, 6) is -0.813. The molecule has 1 aromatic rings. The van der Waals surface area contributed by atoms with Crippen molar-refractivity contribution in [2.24, 2.45) is 0 Å². The summed E-state index contributed by atoms with van der Waals surface area (Å²) in [6.45, 7) is 3.09. The van der Waals surface area contributed by atoms with E-state index in [9.17, 15) is 9.90 Å². The van der Waals surface area contributed by atoms with Gasteiger partial charge in [0.05, 0.1) is 5.56 Å². The second-order valence-corrected chi connectivity index (χ2v) is 5.36. The van der Waals surface area contributed by atoms with Gasteiger partial charge in [-0.3, -0.25) is 0 Å². The van der Waals surface area contributed by atoms with E-state index in [1.54, 1.807) is 6.07 Å². The Hall–Kier alpha value is -1.55. The van der Waals surface area contributed by atoms with Gasteiger partial charge in [0, 0.05) is 18.8 Å². The lowest BCUT2D eigenvalue weighted by atomic mass is 9.96. The molecule has 1 aromatic carbocycles. The fraction of sp³-hybridized carbons (Fsp3) is 0.533. The Kier molecular flexibility index (Phi) is 4.43. The van der Waals surface area contributed by atoms with Crippen LogP contribution < -0.4 is 4.90 Å². The standard InChI is InChI=1S/C15H22N2O2/c1-16(2)9-5-11-17-10-4-7-12-13(15(18)19)6-3-8-14(12)17/h3,6,8H,4-5,7,9-11H2,1-2H3,(H,18,19). The van der Waals surface area contributed by atoms with Gasteiger partial charge < -0.3 is 14.9 Å². The van der Waals surface area contributed by atoms with Gasteiger partial charge >= 0.3 is 5.97 Å². The summed E-state index contributed by atoms with van der Waals surface area (Å²) < 4.78 is 0. The van der Waals surface area contributed by atoms with Crippen LogP contribution in [0.15, 0.2) is 18.2 Å². The summed E-state index contributed by atoms with van der Waals surface area (Å²) in [5.41, 5.74) is 2.59. The van der Waals surface area contributed by atoms with Crippen LogP contribution in [-0.4, -0.2) is 49.7 Å². The molecule has 19 heavy (non-hydrogen) atoms. The average molecular weight is 262 g/mol. The minimum atomic E-state index is -0.813. The van der Waals surface area contributed by atoms with E-state index in [2.05, 4.69) is 30.0 Å². The first kappa shape index (κ1) is 13.9. The maximum Gasteiger partial charge on any atom is 0.336 e. The Morgan fingerprint density at radius 3 is 2.89 bits per heavy atom.